The predicted octanol–water partition coefficient (Wildman–Crippen LogP) is 3.78. The van der Waals surface area contributed by atoms with Gasteiger partial charge in [0.2, 0.25) is 0 Å². The molecule has 0 unspecified atom stereocenters. The van der Waals surface area contributed by atoms with Crippen molar-refractivity contribution in [1.29, 1.82) is 0 Å². The summed E-state index contributed by atoms with van der Waals surface area (Å²) in [5, 5.41) is 0. The number of aliphatic imine (C=N–C) groups is 1. The number of hydrogen-bond donors (Lipinski definition) is 0. The zero-order valence-electron chi connectivity index (χ0n) is 9.41. The highest BCUT2D eigenvalue weighted by Crippen LogP contribution is 2.22. The summed E-state index contributed by atoms with van der Waals surface area (Å²) in [4.78, 5) is 8.29. The summed E-state index contributed by atoms with van der Waals surface area (Å²) in [5.74, 6) is 0. The third-order valence-corrected chi connectivity index (χ3v) is 1.61. The molecule has 0 aromatic carbocycles. The van der Waals surface area contributed by atoms with Gasteiger partial charge in [0.05, 0.1) is 5.69 Å². The van der Waals surface area contributed by atoms with Crippen molar-refractivity contribution in [3.05, 3.63) is 30.1 Å². The molecule has 1 aromatic heterocycles. The van der Waals surface area contributed by atoms with Crippen molar-refractivity contribution in [2.75, 3.05) is 0 Å². The first-order chi connectivity index (χ1) is 6.79. The molecule has 2 nitrogen and oxygen atoms in total. The molecule has 0 saturated heterocycles. The molecule has 2 heteroatoms. The molecule has 1 aromatic rings. The molecule has 0 atom stereocenters. The van der Waals surface area contributed by atoms with Crippen molar-refractivity contribution in [3.63, 3.8) is 0 Å². The van der Waals surface area contributed by atoms with Crippen LogP contribution in [0.3, 0.4) is 0 Å². The van der Waals surface area contributed by atoms with Gasteiger partial charge in [-0.2, -0.15) is 0 Å². The second kappa shape index (κ2) is 7.01. The standard InChI is InChI=1S/C10H12N2.C2H6/c1-4-9-7-11-6-8(3)10(9)12-5-2;1-2/h4-7H,1H2,2-3H3;1-2H3. The van der Waals surface area contributed by atoms with E-state index in [-0.39, 0.29) is 0 Å². The van der Waals surface area contributed by atoms with Gasteiger partial charge in [-0.1, -0.05) is 26.5 Å². The third-order valence-electron chi connectivity index (χ3n) is 1.61. The lowest BCUT2D eigenvalue weighted by Gasteiger charge is -2.02. The monoisotopic (exact) mass is 190 g/mol. The van der Waals surface area contributed by atoms with Crippen molar-refractivity contribution in [2.24, 2.45) is 4.99 Å². The van der Waals surface area contributed by atoms with Gasteiger partial charge in [0.25, 0.3) is 0 Å². The Hall–Kier alpha value is -1.44. The third kappa shape index (κ3) is 3.13. The van der Waals surface area contributed by atoms with E-state index in [0.717, 1.165) is 16.8 Å². The minimum atomic E-state index is 0.961. The number of nitrogens with zero attached hydrogens (tertiary/aromatic N) is 2. The average molecular weight is 190 g/mol. The molecule has 0 N–H and O–H groups in total. The van der Waals surface area contributed by atoms with Crippen LogP contribution < -0.4 is 0 Å². The lowest BCUT2D eigenvalue weighted by Crippen LogP contribution is -1.82. The molecule has 0 fully saturated rings. The number of hydrogen-bond acceptors (Lipinski definition) is 2. The zero-order valence-corrected chi connectivity index (χ0v) is 9.41. The Morgan fingerprint density at radius 3 is 2.50 bits per heavy atom. The quantitative estimate of drug-likeness (QED) is 0.651. The normalized spacial score (nSPS) is 9.43. The van der Waals surface area contributed by atoms with Crippen LogP contribution >= 0.6 is 0 Å². The maximum atomic E-state index is 4.24. The first-order valence-electron chi connectivity index (χ1n) is 4.85. The summed E-state index contributed by atoms with van der Waals surface area (Å²) in [5.41, 5.74) is 3.01. The molecule has 1 heterocycles. The number of pyridine rings is 1. The fraction of sp³-hybridized carbons (Fsp3) is 0.333. The van der Waals surface area contributed by atoms with Crippen LogP contribution in [0.4, 0.5) is 5.69 Å². The molecule has 0 saturated carbocycles. The van der Waals surface area contributed by atoms with E-state index in [0.29, 0.717) is 0 Å². The largest absolute Gasteiger partial charge is 0.264 e. The Bertz CT molecular complexity index is 314. The molecule has 0 bridgehead atoms. The number of aromatic nitrogens is 1. The Morgan fingerprint density at radius 1 is 1.36 bits per heavy atom. The number of aryl methyl sites for hydroxylation is 1. The van der Waals surface area contributed by atoms with Gasteiger partial charge in [-0.25, -0.2) is 0 Å². The Balaban J connectivity index is 0.000000791. The van der Waals surface area contributed by atoms with Crippen LogP contribution in [0.25, 0.3) is 6.08 Å². The molecular formula is C12H18N2. The molecule has 0 aliphatic carbocycles. The topological polar surface area (TPSA) is 25.2 Å². The van der Waals surface area contributed by atoms with Gasteiger partial charge in [-0.3, -0.25) is 9.98 Å². The van der Waals surface area contributed by atoms with Crippen LogP contribution in [0.2, 0.25) is 0 Å². The minimum absolute atomic E-state index is 0.961. The van der Waals surface area contributed by atoms with Gasteiger partial charge in [-0.15, -0.1) is 0 Å². The fourth-order valence-corrected chi connectivity index (χ4v) is 1.03. The highest BCUT2D eigenvalue weighted by atomic mass is 14.7. The van der Waals surface area contributed by atoms with E-state index < -0.39 is 0 Å². The van der Waals surface area contributed by atoms with Crippen molar-refractivity contribution >= 4 is 18.0 Å². The summed E-state index contributed by atoms with van der Waals surface area (Å²) in [6.45, 7) is 11.6. The van der Waals surface area contributed by atoms with E-state index in [4.69, 9.17) is 0 Å². The summed E-state index contributed by atoms with van der Waals surface area (Å²) in [6, 6.07) is 0. The fourth-order valence-electron chi connectivity index (χ4n) is 1.03. The van der Waals surface area contributed by atoms with Crippen LogP contribution in [-0.2, 0) is 0 Å². The van der Waals surface area contributed by atoms with E-state index in [1.165, 1.54) is 0 Å². The second-order valence-electron chi connectivity index (χ2n) is 2.49. The zero-order chi connectivity index (χ0) is 11.0. The van der Waals surface area contributed by atoms with Crippen LogP contribution in [0.15, 0.2) is 24.0 Å². The second-order valence-corrected chi connectivity index (χ2v) is 2.49. The first-order valence-corrected chi connectivity index (χ1v) is 4.85. The van der Waals surface area contributed by atoms with Crippen molar-refractivity contribution < 1.29 is 0 Å². The Labute approximate surface area is 86.4 Å². The molecule has 14 heavy (non-hydrogen) atoms. The Morgan fingerprint density at radius 2 is 2.00 bits per heavy atom. The average Bonchev–Trinajstić information content (AvgIpc) is 2.24. The summed E-state index contributed by atoms with van der Waals surface area (Å²) in [7, 11) is 0. The molecular weight excluding hydrogens is 172 g/mol. The molecule has 0 aliphatic rings. The van der Waals surface area contributed by atoms with Gasteiger partial charge in [0.1, 0.15) is 0 Å². The first kappa shape index (κ1) is 12.6. The molecule has 0 spiro atoms. The van der Waals surface area contributed by atoms with E-state index in [9.17, 15) is 0 Å². The van der Waals surface area contributed by atoms with Gasteiger partial charge in [0, 0.05) is 24.2 Å². The molecule has 0 aliphatic heterocycles. The van der Waals surface area contributed by atoms with Crippen molar-refractivity contribution in [2.45, 2.75) is 27.7 Å². The Kier molecular flexibility index (Phi) is 6.29. The maximum Gasteiger partial charge on any atom is 0.0757 e. The molecule has 1 rings (SSSR count). The van der Waals surface area contributed by atoms with Gasteiger partial charge in [0.15, 0.2) is 0 Å². The highest BCUT2D eigenvalue weighted by molar-refractivity contribution is 5.70. The highest BCUT2D eigenvalue weighted by Gasteiger charge is 1.99. The molecule has 76 valence electrons. The van der Waals surface area contributed by atoms with Gasteiger partial charge in [-0.05, 0) is 19.4 Å². The van der Waals surface area contributed by atoms with Crippen LogP contribution in [-0.4, -0.2) is 11.2 Å². The van der Waals surface area contributed by atoms with Gasteiger partial charge < -0.3 is 0 Å². The maximum absolute atomic E-state index is 4.24. The SMILES string of the molecule is C=Cc1cncc(C)c1N=CC.CC. The lowest BCUT2D eigenvalue weighted by atomic mass is 10.1. The number of rotatable bonds is 2. The summed E-state index contributed by atoms with van der Waals surface area (Å²) < 4.78 is 0. The smallest absolute Gasteiger partial charge is 0.0757 e. The van der Waals surface area contributed by atoms with Crippen molar-refractivity contribution in [3.8, 4) is 0 Å². The van der Waals surface area contributed by atoms with Gasteiger partial charge >= 0.3 is 0 Å². The molecule has 0 amide bonds. The minimum Gasteiger partial charge on any atom is -0.264 e. The van der Waals surface area contributed by atoms with E-state index in [1.54, 1.807) is 24.7 Å². The van der Waals surface area contributed by atoms with Crippen molar-refractivity contribution in [1.82, 2.24) is 4.98 Å². The van der Waals surface area contributed by atoms with E-state index in [1.807, 2.05) is 27.7 Å². The van der Waals surface area contributed by atoms with E-state index in [2.05, 4.69) is 16.6 Å². The predicted molar refractivity (Wildman–Crippen MR) is 64.2 cm³/mol. The van der Waals surface area contributed by atoms with Crippen LogP contribution in [0, 0.1) is 6.92 Å². The summed E-state index contributed by atoms with van der Waals surface area (Å²) in [6.07, 6.45) is 7.11. The van der Waals surface area contributed by atoms with Crippen LogP contribution in [0.1, 0.15) is 31.9 Å². The van der Waals surface area contributed by atoms with E-state index >= 15 is 0 Å². The lowest BCUT2D eigenvalue weighted by molar-refractivity contribution is 1.24. The molecule has 0 radical (unpaired) electrons. The summed E-state index contributed by atoms with van der Waals surface area (Å²) >= 11 is 0. The van der Waals surface area contributed by atoms with Crippen LogP contribution in [0.5, 0.6) is 0 Å².